The summed E-state index contributed by atoms with van der Waals surface area (Å²) in [6, 6.07) is 127. The van der Waals surface area contributed by atoms with Crippen LogP contribution in [0.4, 0.5) is 0 Å². The number of fused-ring (bicyclic) bond motifs is 12. The Bertz CT molecular complexity index is 7230. The van der Waals surface area contributed by atoms with Crippen LogP contribution in [0.3, 0.4) is 0 Å². The molecule has 22 aromatic rings. The molecule has 0 atom stereocenters. The predicted molar refractivity (Wildman–Crippen MR) is 456 cm³/mol. The smallest absolute Gasteiger partial charge is 0.164 e. The van der Waals surface area contributed by atoms with Crippen molar-refractivity contribution in [3.05, 3.63) is 389 Å². The molecule has 22 rings (SSSR count). The number of hydrogen-bond acceptors (Lipinski definition) is 8. The van der Waals surface area contributed by atoms with Crippen molar-refractivity contribution in [1.29, 1.82) is 0 Å². The third-order valence-electron chi connectivity index (χ3n) is 21.3. The lowest BCUT2D eigenvalue weighted by molar-refractivity contribution is 1.07. The van der Waals surface area contributed by atoms with Crippen LogP contribution in [0, 0.1) is 0 Å². The van der Waals surface area contributed by atoms with Crippen molar-refractivity contribution in [2.24, 2.45) is 0 Å². The summed E-state index contributed by atoms with van der Waals surface area (Å²) in [6.07, 6.45) is 7.35. The molecule has 12 aromatic carbocycles. The molecule has 524 valence electrons. The van der Waals surface area contributed by atoms with E-state index in [4.69, 9.17) is 29.9 Å². The first-order valence-corrected chi connectivity index (χ1v) is 37.4. The zero-order valence-corrected chi connectivity index (χ0v) is 60.3. The molecular formula is C100H64N12. The lowest BCUT2D eigenvalue weighted by Crippen LogP contribution is -2.00. The van der Waals surface area contributed by atoms with Gasteiger partial charge >= 0.3 is 0 Å². The van der Waals surface area contributed by atoms with Gasteiger partial charge in [-0.15, -0.1) is 0 Å². The third-order valence-corrected chi connectivity index (χ3v) is 21.3. The third kappa shape index (κ3) is 11.3. The summed E-state index contributed by atoms with van der Waals surface area (Å²) in [5.74, 6) is 1.90. The van der Waals surface area contributed by atoms with Gasteiger partial charge in [-0.25, -0.2) is 29.9 Å². The monoisotopic (exact) mass is 1430 g/mol. The van der Waals surface area contributed by atoms with Crippen LogP contribution in [0.15, 0.2) is 389 Å². The molecule has 12 heteroatoms. The van der Waals surface area contributed by atoms with Gasteiger partial charge in [0, 0.05) is 107 Å². The van der Waals surface area contributed by atoms with Crippen molar-refractivity contribution in [3.8, 4) is 113 Å². The normalized spacial score (nSPS) is 11.6. The fourth-order valence-electron chi connectivity index (χ4n) is 16.3. The van der Waals surface area contributed by atoms with Crippen LogP contribution in [0.2, 0.25) is 0 Å². The zero-order valence-electron chi connectivity index (χ0n) is 60.3. The molecular weight excluding hydrogens is 1370 g/mol. The minimum atomic E-state index is 0.622. The summed E-state index contributed by atoms with van der Waals surface area (Å²) in [4.78, 5) is 38.9. The second-order valence-electron chi connectivity index (χ2n) is 27.9. The average Bonchev–Trinajstić information content (AvgIpc) is 1.58. The molecule has 0 spiro atoms. The highest BCUT2D eigenvalue weighted by atomic mass is 15.1. The van der Waals surface area contributed by atoms with E-state index in [9.17, 15) is 0 Å². The van der Waals surface area contributed by atoms with Gasteiger partial charge in [0.05, 0.1) is 55.9 Å². The minimum Gasteiger partial charge on any atom is -0.309 e. The van der Waals surface area contributed by atoms with E-state index in [1.807, 2.05) is 122 Å². The molecule has 0 fully saturated rings. The number of aromatic nitrogens is 12. The summed E-state index contributed by atoms with van der Waals surface area (Å²) < 4.78 is 9.27. The van der Waals surface area contributed by atoms with Crippen molar-refractivity contribution in [3.63, 3.8) is 0 Å². The molecule has 112 heavy (non-hydrogen) atoms. The average molecular weight is 1430 g/mol. The Morgan fingerprint density at radius 3 is 1.03 bits per heavy atom. The Morgan fingerprint density at radius 2 is 0.545 bits per heavy atom. The van der Waals surface area contributed by atoms with E-state index in [1.165, 1.54) is 54.7 Å². The highest BCUT2D eigenvalue weighted by Gasteiger charge is 2.23. The van der Waals surface area contributed by atoms with Crippen LogP contribution >= 0.6 is 0 Å². The standard InChI is InChI=1S/2C50H32N6/c1-4-14-33(15-5-1)47-52-48(34-16-6-2-7-17-34)54-49(53-47)35-25-28-38(29-26-35)56-44-30-27-36(32-42(44)40-22-13-31-51-50(40)56)39-21-12-24-45-46(39)41-20-10-11-23-43(41)55(45)37-18-8-3-9-19-37;1-2-14-36(15-3-1)55-46-22-5-4-17-40(46)49-38(18-11-23-48(49)55)34-24-25-47-41(30-34)39-19-12-28-53-50(39)56(47)37-16-10-13-33(29-37)35-31-44(42-20-6-8-26-51-42)54-45(32-35)43-21-7-9-27-52-43/h2*1-32H. The highest BCUT2D eigenvalue weighted by Crippen LogP contribution is 2.45. The Kier molecular flexibility index (Phi) is 15.9. The van der Waals surface area contributed by atoms with Gasteiger partial charge in [-0.2, -0.15) is 0 Å². The fraction of sp³-hybridized carbons (Fsp3) is 0. The summed E-state index contributed by atoms with van der Waals surface area (Å²) >= 11 is 0. The van der Waals surface area contributed by atoms with Gasteiger partial charge in [0.15, 0.2) is 17.5 Å². The van der Waals surface area contributed by atoms with Crippen LogP contribution in [0.1, 0.15) is 0 Å². The molecule has 0 aliphatic carbocycles. The van der Waals surface area contributed by atoms with E-state index in [2.05, 4.69) is 283 Å². The van der Waals surface area contributed by atoms with E-state index >= 15 is 0 Å². The Morgan fingerprint density at radius 1 is 0.179 bits per heavy atom. The molecule has 0 aliphatic heterocycles. The number of pyridine rings is 5. The van der Waals surface area contributed by atoms with Gasteiger partial charge in [0.25, 0.3) is 0 Å². The van der Waals surface area contributed by atoms with E-state index in [-0.39, 0.29) is 0 Å². The minimum absolute atomic E-state index is 0.622. The second-order valence-corrected chi connectivity index (χ2v) is 27.9. The van der Waals surface area contributed by atoms with E-state index in [0.717, 1.165) is 128 Å². The topological polar surface area (TPSA) is 123 Å². The molecule has 0 saturated carbocycles. The maximum Gasteiger partial charge on any atom is 0.164 e. The van der Waals surface area contributed by atoms with Crippen molar-refractivity contribution in [2.75, 3.05) is 0 Å². The molecule has 10 heterocycles. The van der Waals surface area contributed by atoms with Crippen LogP contribution in [0.25, 0.3) is 201 Å². The van der Waals surface area contributed by atoms with Gasteiger partial charge in [0.1, 0.15) is 11.3 Å². The Balaban J connectivity index is 0.000000141. The summed E-state index contributed by atoms with van der Waals surface area (Å²) in [6.45, 7) is 0. The van der Waals surface area contributed by atoms with Crippen molar-refractivity contribution >= 4 is 87.5 Å². The van der Waals surface area contributed by atoms with Crippen LogP contribution in [-0.4, -0.2) is 58.1 Å². The summed E-state index contributed by atoms with van der Waals surface area (Å²) in [5, 5.41) is 9.46. The lowest BCUT2D eigenvalue weighted by atomic mass is 9.98. The number of rotatable bonds is 12. The lowest BCUT2D eigenvalue weighted by Gasteiger charge is -2.12. The number of benzene rings is 12. The largest absolute Gasteiger partial charge is 0.309 e. The molecule has 0 N–H and O–H groups in total. The van der Waals surface area contributed by atoms with Crippen molar-refractivity contribution in [2.45, 2.75) is 0 Å². The highest BCUT2D eigenvalue weighted by molar-refractivity contribution is 6.19. The maximum absolute atomic E-state index is 5.00. The predicted octanol–water partition coefficient (Wildman–Crippen LogP) is 24.3. The van der Waals surface area contributed by atoms with E-state index in [0.29, 0.717) is 17.5 Å². The molecule has 0 amide bonds. The second kappa shape index (κ2) is 27.4. The molecule has 0 saturated heterocycles. The Labute approximate surface area is 643 Å². The van der Waals surface area contributed by atoms with Gasteiger partial charge in [-0.1, -0.05) is 194 Å². The van der Waals surface area contributed by atoms with Gasteiger partial charge < -0.3 is 9.13 Å². The molecule has 0 aliphatic rings. The van der Waals surface area contributed by atoms with E-state index in [1.54, 1.807) is 12.4 Å². The first-order valence-electron chi connectivity index (χ1n) is 37.4. The quantitative estimate of drug-likeness (QED) is 0.119. The molecule has 0 unspecified atom stereocenters. The van der Waals surface area contributed by atoms with Crippen LogP contribution in [-0.2, 0) is 0 Å². The van der Waals surface area contributed by atoms with Gasteiger partial charge in [-0.05, 0) is 203 Å². The SMILES string of the molecule is c1ccc(-c2nc(-c3ccccc3)nc(-c3ccc(-n4c5ccc(-c6cccc7c6c6ccccc6n7-c6ccccc6)cc5c5cccnc54)cc3)n2)cc1.c1ccc(-n2c3ccccc3c3c(-c4ccc5c(c4)c4cccnc4n5-c4cccc(-c5cc(-c6ccccn6)nc(-c6ccccn6)c5)c4)cccc32)cc1. The van der Waals surface area contributed by atoms with Crippen LogP contribution < -0.4 is 0 Å². The molecule has 10 aromatic heterocycles. The zero-order chi connectivity index (χ0) is 74.0. The number of para-hydroxylation sites is 4. The number of nitrogens with zero attached hydrogens (tertiary/aromatic N) is 12. The van der Waals surface area contributed by atoms with E-state index < -0.39 is 0 Å². The summed E-state index contributed by atoms with van der Waals surface area (Å²) in [5.41, 5.74) is 25.9. The first kappa shape index (κ1) is 64.9. The number of hydrogen-bond donors (Lipinski definition) is 0. The fourth-order valence-corrected chi connectivity index (χ4v) is 16.3. The first-order chi connectivity index (χ1) is 55.6. The Hall–Kier alpha value is -15.4. The molecule has 0 radical (unpaired) electrons. The van der Waals surface area contributed by atoms with Gasteiger partial charge in [0.2, 0.25) is 0 Å². The van der Waals surface area contributed by atoms with Crippen molar-refractivity contribution in [1.82, 2.24) is 58.1 Å². The van der Waals surface area contributed by atoms with Crippen LogP contribution in [0.5, 0.6) is 0 Å². The molecule has 12 nitrogen and oxygen atoms in total. The van der Waals surface area contributed by atoms with Crippen molar-refractivity contribution < 1.29 is 0 Å². The van der Waals surface area contributed by atoms with Gasteiger partial charge in [-0.3, -0.25) is 19.1 Å². The molecule has 0 bridgehead atoms. The summed E-state index contributed by atoms with van der Waals surface area (Å²) in [7, 11) is 0. The maximum atomic E-state index is 5.00.